The van der Waals surface area contributed by atoms with Gasteiger partial charge in [-0.2, -0.15) is 0 Å². The van der Waals surface area contributed by atoms with Crippen molar-refractivity contribution >= 4 is 5.78 Å². The smallest absolute Gasteiger partial charge is 0.136 e. The van der Waals surface area contributed by atoms with Gasteiger partial charge in [0.25, 0.3) is 0 Å². The summed E-state index contributed by atoms with van der Waals surface area (Å²) in [5.41, 5.74) is 0. The third kappa shape index (κ3) is 0.347. The number of hydrogen-bond donors (Lipinski definition) is 0. The first-order valence-corrected chi connectivity index (χ1v) is 3.90. The van der Waals surface area contributed by atoms with E-state index in [9.17, 15) is 4.79 Å². The molecule has 0 radical (unpaired) electrons. The fourth-order valence-electron chi connectivity index (χ4n) is 3.10. The van der Waals surface area contributed by atoms with E-state index in [1.807, 2.05) is 0 Å². The van der Waals surface area contributed by atoms with Crippen LogP contribution in [0.4, 0.5) is 0 Å². The highest BCUT2D eigenvalue weighted by Gasteiger charge is 2.65. The SMILES string of the molecule is O=C1C[C@@H]2CC[C@@H]3[C@@H]1[C@H]23. The lowest BCUT2D eigenvalue weighted by atomic mass is 10.1. The van der Waals surface area contributed by atoms with Crippen LogP contribution in [0.2, 0.25) is 0 Å². The van der Waals surface area contributed by atoms with Crippen LogP contribution in [0.5, 0.6) is 0 Å². The van der Waals surface area contributed by atoms with Crippen LogP contribution in [0.3, 0.4) is 0 Å². The van der Waals surface area contributed by atoms with Gasteiger partial charge in [-0.1, -0.05) is 0 Å². The Morgan fingerprint density at radius 3 is 2.78 bits per heavy atom. The Labute approximate surface area is 54.4 Å². The molecular weight excluding hydrogens is 112 g/mol. The van der Waals surface area contributed by atoms with Crippen LogP contribution in [0, 0.1) is 23.7 Å². The first-order valence-electron chi connectivity index (χ1n) is 3.90. The van der Waals surface area contributed by atoms with E-state index in [-0.39, 0.29) is 0 Å². The molecule has 0 aromatic rings. The highest BCUT2D eigenvalue weighted by atomic mass is 16.1. The van der Waals surface area contributed by atoms with E-state index in [1.165, 1.54) is 12.8 Å². The van der Waals surface area contributed by atoms with Gasteiger partial charge in [-0.3, -0.25) is 4.79 Å². The Morgan fingerprint density at radius 2 is 2.22 bits per heavy atom. The van der Waals surface area contributed by atoms with Crippen LogP contribution in [0.15, 0.2) is 0 Å². The molecule has 4 atom stereocenters. The van der Waals surface area contributed by atoms with Crippen molar-refractivity contribution in [1.29, 1.82) is 0 Å². The minimum Gasteiger partial charge on any atom is -0.299 e. The Morgan fingerprint density at radius 1 is 1.33 bits per heavy atom. The van der Waals surface area contributed by atoms with Crippen molar-refractivity contribution in [3.05, 3.63) is 0 Å². The fourth-order valence-corrected chi connectivity index (χ4v) is 3.10. The van der Waals surface area contributed by atoms with Crippen LogP contribution < -0.4 is 0 Å². The summed E-state index contributed by atoms with van der Waals surface area (Å²) in [7, 11) is 0. The zero-order valence-corrected chi connectivity index (χ0v) is 5.34. The van der Waals surface area contributed by atoms with Gasteiger partial charge >= 0.3 is 0 Å². The second kappa shape index (κ2) is 1.09. The molecule has 9 heavy (non-hydrogen) atoms. The third-order valence-corrected chi connectivity index (χ3v) is 3.48. The Kier molecular flexibility index (Phi) is 0.544. The molecule has 0 unspecified atom stereocenters. The number of hydrogen-bond acceptors (Lipinski definition) is 1. The Balaban J connectivity index is 2.05. The first-order chi connectivity index (χ1) is 4.38. The quantitative estimate of drug-likeness (QED) is 0.472. The lowest BCUT2D eigenvalue weighted by molar-refractivity contribution is -0.119. The van der Waals surface area contributed by atoms with Crippen molar-refractivity contribution in [2.75, 3.05) is 0 Å². The van der Waals surface area contributed by atoms with Gasteiger partial charge in [0.15, 0.2) is 0 Å². The molecule has 1 nitrogen and oxygen atoms in total. The molecule has 0 spiro atoms. The molecule has 0 bridgehead atoms. The van der Waals surface area contributed by atoms with Crippen molar-refractivity contribution in [3.63, 3.8) is 0 Å². The van der Waals surface area contributed by atoms with Crippen LogP contribution in [-0.2, 0) is 4.79 Å². The maximum absolute atomic E-state index is 11.1. The fraction of sp³-hybridized carbons (Fsp3) is 0.875. The molecule has 1 heteroatoms. The summed E-state index contributed by atoms with van der Waals surface area (Å²) in [6.45, 7) is 0. The molecule has 3 saturated carbocycles. The maximum atomic E-state index is 11.1. The zero-order valence-electron chi connectivity index (χ0n) is 5.34. The van der Waals surface area contributed by atoms with E-state index in [4.69, 9.17) is 0 Å². The van der Waals surface area contributed by atoms with Gasteiger partial charge in [-0.05, 0) is 30.6 Å². The molecule has 0 aromatic heterocycles. The van der Waals surface area contributed by atoms with Gasteiger partial charge < -0.3 is 0 Å². The van der Waals surface area contributed by atoms with Crippen LogP contribution >= 0.6 is 0 Å². The molecule has 3 aliphatic carbocycles. The molecule has 3 fully saturated rings. The summed E-state index contributed by atoms with van der Waals surface area (Å²) in [5, 5.41) is 0. The molecule has 0 saturated heterocycles. The second-order valence-electron chi connectivity index (χ2n) is 3.77. The van der Waals surface area contributed by atoms with Crippen molar-refractivity contribution in [2.45, 2.75) is 19.3 Å². The number of carbonyl (C=O) groups excluding carboxylic acids is 1. The monoisotopic (exact) mass is 122 g/mol. The number of ketones is 1. The number of Topliss-reactive ketones (excluding diaryl/α,β-unsaturated/α-hetero) is 1. The molecular formula is C8H10O. The molecule has 0 amide bonds. The summed E-state index contributed by atoms with van der Waals surface area (Å²) >= 11 is 0. The lowest BCUT2D eigenvalue weighted by Crippen LogP contribution is -1.97. The van der Waals surface area contributed by atoms with Crippen LogP contribution in [0.1, 0.15) is 19.3 Å². The predicted octanol–water partition coefficient (Wildman–Crippen LogP) is 1.23. The van der Waals surface area contributed by atoms with Gasteiger partial charge in [-0.25, -0.2) is 0 Å². The summed E-state index contributed by atoms with van der Waals surface area (Å²) in [6, 6.07) is 0. The Hall–Kier alpha value is -0.330. The highest BCUT2D eigenvalue weighted by Crippen LogP contribution is 2.66. The maximum Gasteiger partial charge on any atom is 0.136 e. The predicted molar refractivity (Wildman–Crippen MR) is 32.8 cm³/mol. The largest absolute Gasteiger partial charge is 0.299 e. The van der Waals surface area contributed by atoms with E-state index in [1.54, 1.807) is 0 Å². The zero-order chi connectivity index (χ0) is 6.01. The van der Waals surface area contributed by atoms with Crippen molar-refractivity contribution < 1.29 is 4.79 Å². The molecule has 0 heterocycles. The summed E-state index contributed by atoms with van der Waals surface area (Å²) in [6.07, 6.45) is 3.66. The van der Waals surface area contributed by atoms with Crippen LogP contribution in [-0.4, -0.2) is 5.78 Å². The first kappa shape index (κ1) is 4.48. The number of rotatable bonds is 0. The lowest BCUT2D eigenvalue weighted by Gasteiger charge is -1.98. The van der Waals surface area contributed by atoms with Crippen molar-refractivity contribution in [1.82, 2.24) is 0 Å². The summed E-state index contributed by atoms with van der Waals surface area (Å²) < 4.78 is 0. The average molecular weight is 122 g/mol. The molecule has 3 rings (SSSR count). The van der Waals surface area contributed by atoms with Crippen LogP contribution in [0.25, 0.3) is 0 Å². The van der Waals surface area contributed by atoms with Gasteiger partial charge in [0.1, 0.15) is 5.78 Å². The minimum absolute atomic E-state index is 0.573. The summed E-state index contributed by atoms with van der Waals surface area (Å²) in [4.78, 5) is 11.1. The highest BCUT2D eigenvalue weighted by molar-refractivity contribution is 5.88. The van der Waals surface area contributed by atoms with Crippen molar-refractivity contribution in [3.8, 4) is 0 Å². The van der Waals surface area contributed by atoms with Gasteiger partial charge in [0.05, 0.1) is 0 Å². The second-order valence-corrected chi connectivity index (χ2v) is 3.77. The van der Waals surface area contributed by atoms with E-state index in [2.05, 4.69) is 0 Å². The normalized spacial score (nSPS) is 60.2. The van der Waals surface area contributed by atoms with Gasteiger partial charge in [-0.15, -0.1) is 0 Å². The van der Waals surface area contributed by atoms with Gasteiger partial charge in [0, 0.05) is 12.3 Å². The van der Waals surface area contributed by atoms with E-state index in [0.29, 0.717) is 11.7 Å². The summed E-state index contributed by atoms with van der Waals surface area (Å²) in [5.74, 6) is 3.76. The average Bonchev–Trinajstić information content (AvgIpc) is 2.34. The van der Waals surface area contributed by atoms with E-state index >= 15 is 0 Å². The minimum atomic E-state index is 0.573. The third-order valence-electron chi connectivity index (χ3n) is 3.48. The van der Waals surface area contributed by atoms with Crippen molar-refractivity contribution in [2.24, 2.45) is 23.7 Å². The van der Waals surface area contributed by atoms with E-state index in [0.717, 1.165) is 24.2 Å². The standard InChI is InChI=1S/C8H10O/c9-6-3-4-1-2-5-7(4)8(5)6/h4-5,7-8H,1-3H2/t4-,5-,7+,8-/m0/s1. The molecule has 3 aliphatic rings. The Bertz CT molecular complexity index is 185. The topological polar surface area (TPSA) is 17.1 Å². The molecule has 48 valence electrons. The van der Waals surface area contributed by atoms with E-state index < -0.39 is 0 Å². The molecule has 0 aromatic carbocycles. The van der Waals surface area contributed by atoms with Gasteiger partial charge in [0.2, 0.25) is 0 Å². The number of carbonyl (C=O) groups is 1. The number of fused-ring (bicyclic) bond motifs is 1. The molecule has 0 N–H and O–H groups in total. The molecule has 0 aliphatic heterocycles.